The van der Waals surface area contributed by atoms with Gasteiger partial charge in [-0.15, -0.1) is 6.58 Å². The van der Waals surface area contributed by atoms with Gasteiger partial charge in [-0.05, 0) is 80.8 Å². The van der Waals surface area contributed by atoms with Crippen molar-refractivity contribution in [3.8, 4) is 0 Å². The van der Waals surface area contributed by atoms with Gasteiger partial charge in [0.2, 0.25) is 0 Å². The third-order valence-electron chi connectivity index (χ3n) is 5.69. The van der Waals surface area contributed by atoms with Crippen molar-refractivity contribution in [3.05, 3.63) is 54.1 Å². The number of aryl methyl sites for hydroxylation is 1. The third-order valence-corrected chi connectivity index (χ3v) is 5.69. The summed E-state index contributed by atoms with van der Waals surface area (Å²) < 4.78 is 0. The first kappa shape index (κ1) is 18.0. The number of rotatable bonds is 3. The highest BCUT2D eigenvalue weighted by molar-refractivity contribution is 5.66. The molecule has 1 aromatic carbocycles. The van der Waals surface area contributed by atoms with Crippen molar-refractivity contribution in [2.45, 2.75) is 65.7 Å². The van der Waals surface area contributed by atoms with Gasteiger partial charge >= 0.3 is 0 Å². The van der Waals surface area contributed by atoms with E-state index in [9.17, 15) is 0 Å². The minimum Gasteiger partial charge on any atom is -0.103 e. The van der Waals surface area contributed by atoms with Crippen LogP contribution in [0.2, 0.25) is 0 Å². The van der Waals surface area contributed by atoms with Crippen LogP contribution in [0.1, 0.15) is 69.9 Å². The lowest BCUT2D eigenvalue weighted by Gasteiger charge is -2.34. The van der Waals surface area contributed by atoms with E-state index in [1.807, 2.05) is 13.8 Å². The Morgan fingerprint density at radius 2 is 1.57 bits per heavy atom. The summed E-state index contributed by atoms with van der Waals surface area (Å²) >= 11 is 0. The molecule has 0 amide bonds. The van der Waals surface area contributed by atoms with Gasteiger partial charge in [0.15, 0.2) is 0 Å². The summed E-state index contributed by atoms with van der Waals surface area (Å²) in [6, 6.07) is 9.05. The number of allylic oxidation sites excluding steroid dienone is 3. The summed E-state index contributed by atoms with van der Waals surface area (Å²) in [6.45, 7) is 10.1. The molecule has 0 bridgehead atoms. The number of hydrogen-bond acceptors (Lipinski definition) is 0. The summed E-state index contributed by atoms with van der Waals surface area (Å²) in [5.41, 5.74) is 4.37. The molecule has 1 atom stereocenters. The zero-order valence-electron chi connectivity index (χ0n) is 15.4. The lowest BCUT2D eigenvalue weighted by atomic mass is 9.71. The maximum absolute atomic E-state index is 3.96. The molecule has 2 aliphatic rings. The van der Waals surface area contributed by atoms with Crippen LogP contribution in [0, 0.1) is 24.7 Å². The molecule has 0 heterocycles. The Balaban J connectivity index is 0.000000924. The van der Waals surface area contributed by atoms with Crippen molar-refractivity contribution in [3.63, 3.8) is 0 Å². The van der Waals surface area contributed by atoms with E-state index in [-0.39, 0.29) is 0 Å². The van der Waals surface area contributed by atoms with E-state index >= 15 is 0 Å². The molecule has 0 saturated heterocycles. The first-order valence-electron chi connectivity index (χ1n) is 9.65. The Bertz CT molecular complexity index is 497. The molecule has 0 spiro atoms. The summed E-state index contributed by atoms with van der Waals surface area (Å²) in [4.78, 5) is 0. The molecule has 0 nitrogen and oxygen atoms in total. The molecule has 1 saturated carbocycles. The fourth-order valence-electron chi connectivity index (χ4n) is 4.16. The average Bonchev–Trinajstić information content (AvgIpc) is 2.64. The highest BCUT2D eigenvalue weighted by atomic mass is 14.3. The molecule has 0 aromatic heterocycles. The lowest BCUT2D eigenvalue weighted by Crippen LogP contribution is -2.22. The topological polar surface area (TPSA) is 0 Å². The average molecular weight is 311 g/mol. The molecular weight excluding hydrogens is 276 g/mol. The summed E-state index contributed by atoms with van der Waals surface area (Å²) in [7, 11) is 0. The van der Waals surface area contributed by atoms with E-state index in [1.165, 1.54) is 56.1 Å². The van der Waals surface area contributed by atoms with Gasteiger partial charge in [0.1, 0.15) is 0 Å². The maximum Gasteiger partial charge on any atom is -0.0228 e. The molecule has 23 heavy (non-hydrogen) atoms. The SMILES string of the molecule is C=CC1CCC(C2CC=C(c3ccc(C)cc3)CC2)CC1.CC. The quantitative estimate of drug-likeness (QED) is 0.518. The monoisotopic (exact) mass is 310 g/mol. The molecule has 126 valence electrons. The van der Waals surface area contributed by atoms with Crippen molar-refractivity contribution in [2.75, 3.05) is 0 Å². The molecule has 0 heteroatoms. The van der Waals surface area contributed by atoms with Gasteiger partial charge < -0.3 is 0 Å². The maximum atomic E-state index is 3.96. The second-order valence-corrected chi connectivity index (χ2v) is 7.04. The number of benzene rings is 1. The molecule has 1 fully saturated rings. The predicted molar refractivity (Wildman–Crippen MR) is 103 cm³/mol. The normalized spacial score (nSPS) is 27.4. The minimum atomic E-state index is 0.795. The first-order valence-corrected chi connectivity index (χ1v) is 9.65. The zero-order chi connectivity index (χ0) is 16.7. The van der Waals surface area contributed by atoms with Crippen LogP contribution in [0.3, 0.4) is 0 Å². The first-order chi connectivity index (χ1) is 11.3. The third kappa shape index (κ3) is 4.83. The lowest BCUT2D eigenvalue weighted by molar-refractivity contribution is 0.212. The minimum absolute atomic E-state index is 0.795. The molecule has 0 aliphatic heterocycles. The van der Waals surface area contributed by atoms with E-state index in [2.05, 4.69) is 49.9 Å². The Labute approximate surface area is 143 Å². The summed E-state index contributed by atoms with van der Waals surface area (Å²) in [5.74, 6) is 2.70. The van der Waals surface area contributed by atoms with Crippen LogP contribution in [0.15, 0.2) is 43.0 Å². The van der Waals surface area contributed by atoms with Gasteiger partial charge in [0.05, 0.1) is 0 Å². The fourth-order valence-corrected chi connectivity index (χ4v) is 4.16. The number of hydrogen-bond donors (Lipinski definition) is 0. The Morgan fingerprint density at radius 1 is 0.913 bits per heavy atom. The van der Waals surface area contributed by atoms with Gasteiger partial charge in [0, 0.05) is 0 Å². The van der Waals surface area contributed by atoms with Crippen molar-refractivity contribution in [2.24, 2.45) is 17.8 Å². The van der Waals surface area contributed by atoms with Gasteiger partial charge in [-0.25, -0.2) is 0 Å². The van der Waals surface area contributed by atoms with Crippen LogP contribution in [0.4, 0.5) is 0 Å². The molecule has 0 radical (unpaired) electrons. The predicted octanol–water partition coefficient (Wildman–Crippen LogP) is 7.20. The molecule has 3 rings (SSSR count). The van der Waals surface area contributed by atoms with E-state index in [4.69, 9.17) is 0 Å². The van der Waals surface area contributed by atoms with Gasteiger partial charge in [-0.3, -0.25) is 0 Å². The zero-order valence-corrected chi connectivity index (χ0v) is 15.4. The van der Waals surface area contributed by atoms with Crippen molar-refractivity contribution < 1.29 is 0 Å². The van der Waals surface area contributed by atoms with Crippen LogP contribution in [0.5, 0.6) is 0 Å². The molecule has 0 N–H and O–H groups in total. The Morgan fingerprint density at radius 3 is 2.09 bits per heavy atom. The summed E-state index contributed by atoms with van der Waals surface area (Å²) in [6.07, 6.45) is 14.3. The fraction of sp³-hybridized carbons (Fsp3) is 0.565. The highest BCUT2D eigenvalue weighted by Crippen LogP contribution is 2.41. The van der Waals surface area contributed by atoms with Crippen molar-refractivity contribution >= 4 is 5.57 Å². The van der Waals surface area contributed by atoms with E-state index in [0.29, 0.717) is 0 Å². The molecule has 1 aromatic rings. The largest absolute Gasteiger partial charge is 0.103 e. The summed E-state index contributed by atoms with van der Waals surface area (Å²) in [5, 5.41) is 0. The van der Waals surface area contributed by atoms with Crippen molar-refractivity contribution in [1.82, 2.24) is 0 Å². The van der Waals surface area contributed by atoms with E-state index < -0.39 is 0 Å². The van der Waals surface area contributed by atoms with Crippen LogP contribution >= 0.6 is 0 Å². The molecular formula is C23H34. The second-order valence-electron chi connectivity index (χ2n) is 7.04. The second kappa shape index (κ2) is 9.11. The molecule has 2 aliphatic carbocycles. The van der Waals surface area contributed by atoms with Gasteiger partial charge in [0.25, 0.3) is 0 Å². The van der Waals surface area contributed by atoms with Crippen LogP contribution in [-0.4, -0.2) is 0 Å². The van der Waals surface area contributed by atoms with E-state index in [0.717, 1.165) is 17.8 Å². The van der Waals surface area contributed by atoms with Crippen LogP contribution in [0.25, 0.3) is 5.57 Å². The highest BCUT2D eigenvalue weighted by Gasteiger charge is 2.27. The smallest absolute Gasteiger partial charge is 0.0228 e. The molecule has 1 unspecified atom stereocenters. The Kier molecular flexibility index (Phi) is 7.15. The van der Waals surface area contributed by atoms with Crippen molar-refractivity contribution in [1.29, 1.82) is 0 Å². The van der Waals surface area contributed by atoms with E-state index in [1.54, 1.807) is 5.57 Å². The van der Waals surface area contributed by atoms with Gasteiger partial charge in [-0.2, -0.15) is 0 Å². The van der Waals surface area contributed by atoms with Crippen LogP contribution < -0.4 is 0 Å². The van der Waals surface area contributed by atoms with Gasteiger partial charge in [-0.1, -0.05) is 55.8 Å². The van der Waals surface area contributed by atoms with Crippen LogP contribution in [-0.2, 0) is 0 Å². The standard InChI is InChI=1S/C21H28.C2H6/c1-3-17-6-10-19(11-7-17)21-14-12-20(13-15-21)18-8-4-16(2)5-9-18;1-2/h3-5,8-9,12,17,19,21H,1,6-7,10-11,13-15H2,2H3;1-2H3. The Hall–Kier alpha value is -1.30.